The second kappa shape index (κ2) is 4.43. The molecule has 94 valence electrons. The number of rotatable bonds is 3. The first-order valence-electron chi connectivity index (χ1n) is 5.69. The van der Waals surface area contributed by atoms with Gasteiger partial charge in [0, 0.05) is 18.2 Å². The summed E-state index contributed by atoms with van der Waals surface area (Å²) in [6.45, 7) is 0.524. The second-order valence-electron chi connectivity index (χ2n) is 4.35. The Morgan fingerprint density at radius 2 is 2.18 bits per heavy atom. The number of nitrogens with one attached hydrogen (secondary N) is 2. The smallest absolute Gasteiger partial charge is 0.308 e. The number of carbonyl (C=O) groups is 1. The Bertz CT molecular complexity index is 428. The summed E-state index contributed by atoms with van der Waals surface area (Å²) in [7, 11) is 0. The van der Waals surface area contributed by atoms with Gasteiger partial charge in [0.2, 0.25) is 5.91 Å². The number of aromatic nitrogens is 2. The number of hydrogen-bond donors (Lipinski definition) is 2. The van der Waals surface area contributed by atoms with E-state index in [4.69, 9.17) is 0 Å². The van der Waals surface area contributed by atoms with Gasteiger partial charge < -0.3 is 5.32 Å². The van der Waals surface area contributed by atoms with E-state index in [1.807, 2.05) is 0 Å². The van der Waals surface area contributed by atoms with E-state index in [1.54, 1.807) is 0 Å². The minimum Gasteiger partial charge on any atom is -0.350 e. The Morgan fingerprint density at radius 3 is 2.88 bits per heavy atom. The second-order valence-corrected chi connectivity index (χ2v) is 4.35. The number of H-pyrrole nitrogens is 1. The molecule has 4 nitrogen and oxygen atoms in total. The van der Waals surface area contributed by atoms with Crippen molar-refractivity contribution in [3.05, 3.63) is 17.0 Å². The predicted molar refractivity (Wildman–Crippen MR) is 57.8 cm³/mol. The molecular weight excluding hydrogens is 228 g/mol. The van der Waals surface area contributed by atoms with E-state index in [1.165, 1.54) is 6.92 Å². The Labute approximate surface area is 97.8 Å². The van der Waals surface area contributed by atoms with Crippen LogP contribution in [0.15, 0.2) is 0 Å². The average Bonchev–Trinajstić information content (AvgIpc) is 2.71. The van der Waals surface area contributed by atoms with Crippen LogP contribution in [0.4, 0.5) is 8.78 Å². The zero-order valence-electron chi connectivity index (χ0n) is 9.65. The van der Waals surface area contributed by atoms with Crippen molar-refractivity contribution in [2.45, 2.75) is 38.5 Å². The third-order valence-corrected chi connectivity index (χ3v) is 2.96. The summed E-state index contributed by atoms with van der Waals surface area (Å²) in [5.74, 6) is -3.57. The van der Waals surface area contributed by atoms with Crippen LogP contribution in [0.5, 0.6) is 0 Å². The molecule has 0 bridgehead atoms. The molecule has 0 saturated carbocycles. The minimum atomic E-state index is -3.10. The molecule has 0 atom stereocenters. The highest BCUT2D eigenvalue weighted by Gasteiger charge is 2.38. The van der Waals surface area contributed by atoms with E-state index >= 15 is 0 Å². The number of alkyl halides is 2. The maximum absolute atomic E-state index is 13.8. The number of amides is 1. The molecule has 1 aliphatic carbocycles. The summed E-state index contributed by atoms with van der Waals surface area (Å²) >= 11 is 0. The van der Waals surface area contributed by atoms with Crippen LogP contribution < -0.4 is 5.32 Å². The number of halogens is 2. The van der Waals surface area contributed by atoms with Gasteiger partial charge in [-0.25, -0.2) is 0 Å². The molecule has 1 amide bonds. The fourth-order valence-corrected chi connectivity index (χ4v) is 2.10. The third kappa shape index (κ3) is 2.45. The Balaban J connectivity index is 2.20. The molecule has 17 heavy (non-hydrogen) atoms. The van der Waals surface area contributed by atoms with Crippen molar-refractivity contribution in [3.63, 3.8) is 0 Å². The lowest BCUT2D eigenvalue weighted by Crippen LogP contribution is -2.34. The summed E-state index contributed by atoms with van der Waals surface area (Å²) < 4.78 is 27.7. The van der Waals surface area contributed by atoms with E-state index < -0.39 is 18.4 Å². The van der Waals surface area contributed by atoms with Crippen LogP contribution in [0.25, 0.3) is 0 Å². The van der Waals surface area contributed by atoms with Crippen LogP contribution in [-0.2, 0) is 23.6 Å². The average molecular weight is 243 g/mol. The lowest BCUT2D eigenvalue weighted by molar-refractivity contribution is -0.121. The molecule has 1 aromatic rings. The standard InChI is InChI=1S/C11H15F2N3O/c1-7(17)14-6-11(12,13)10-8-4-2-3-5-9(8)15-16-10/h2-6H2,1H3,(H,14,17)(H,15,16). The van der Waals surface area contributed by atoms with Gasteiger partial charge >= 0.3 is 5.92 Å². The maximum Gasteiger partial charge on any atom is 0.308 e. The van der Waals surface area contributed by atoms with Crippen molar-refractivity contribution in [1.82, 2.24) is 15.5 Å². The van der Waals surface area contributed by atoms with Crippen molar-refractivity contribution in [2.75, 3.05) is 6.54 Å². The molecule has 0 radical (unpaired) electrons. The first kappa shape index (κ1) is 12.0. The van der Waals surface area contributed by atoms with Gasteiger partial charge in [-0.15, -0.1) is 0 Å². The van der Waals surface area contributed by atoms with Gasteiger partial charge in [-0.1, -0.05) is 0 Å². The van der Waals surface area contributed by atoms with Crippen LogP contribution in [0.3, 0.4) is 0 Å². The SMILES string of the molecule is CC(=O)NCC(F)(F)c1n[nH]c2c1CCCC2. The maximum atomic E-state index is 13.8. The summed E-state index contributed by atoms with van der Waals surface area (Å²) in [6, 6.07) is 0. The van der Waals surface area contributed by atoms with Crippen molar-refractivity contribution in [1.29, 1.82) is 0 Å². The van der Waals surface area contributed by atoms with Gasteiger partial charge in [0.1, 0.15) is 5.69 Å². The largest absolute Gasteiger partial charge is 0.350 e. The highest BCUT2D eigenvalue weighted by molar-refractivity contribution is 5.72. The first-order chi connectivity index (χ1) is 8.00. The Hall–Kier alpha value is -1.46. The molecule has 0 aliphatic heterocycles. The molecule has 2 rings (SSSR count). The van der Waals surface area contributed by atoms with E-state index in [0.717, 1.165) is 25.0 Å². The molecule has 0 saturated heterocycles. The predicted octanol–water partition coefficient (Wildman–Crippen LogP) is 1.52. The Morgan fingerprint density at radius 1 is 1.47 bits per heavy atom. The van der Waals surface area contributed by atoms with Gasteiger partial charge in [-0.3, -0.25) is 9.89 Å². The Kier molecular flexibility index (Phi) is 3.13. The van der Waals surface area contributed by atoms with Crippen molar-refractivity contribution >= 4 is 5.91 Å². The highest BCUT2D eigenvalue weighted by atomic mass is 19.3. The summed E-state index contributed by atoms with van der Waals surface area (Å²) in [4.78, 5) is 10.7. The van der Waals surface area contributed by atoms with Gasteiger partial charge in [0.15, 0.2) is 0 Å². The first-order valence-corrected chi connectivity index (χ1v) is 5.69. The number of aromatic amines is 1. The van der Waals surface area contributed by atoms with E-state index in [2.05, 4.69) is 15.5 Å². The van der Waals surface area contributed by atoms with Gasteiger partial charge in [-0.2, -0.15) is 13.9 Å². The zero-order valence-corrected chi connectivity index (χ0v) is 9.65. The van der Waals surface area contributed by atoms with Gasteiger partial charge in [-0.05, 0) is 25.7 Å². The fraction of sp³-hybridized carbons (Fsp3) is 0.636. The molecule has 6 heteroatoms. The number of hydrogen-bond acceptors (Lipinski definition) is 2. The highest BCUT2D eigenvalue weighted by Crippen LogP contribution is 2.33. The molecule has 0 unspecified atom stereocenters. The molecule has 1 heterocycles. The van der Waals surface area contributed by atoms with E-state index in [-0.39, 0.29) is 5.69 Å². The zero-order chi connectivity index (χ0) is 12.5. The van der Waals surface area contributed by atoms with Crippen LogP contribution in [-0.4, -0.2) is 22.6 Å². The summed E-state index contributed by atoms with van der Waals surface area (Å²) in [5, 5.41) is 8.54. The van der Waals surface area contributed by atoms with Crippen LogP contribution in [0.2, 0.25) is 0 Å². The van der Waals surface area contributed by atoms with Gasteiger partial charge in [0.25, 0.3) is 0 Å². The normalized spacial score (nSPS) is 15.5. The molecule has 0 aromatic carbocycles. The van der Waals surface area contributed by atoms with E-state index in [0.29, 0.717) is 12.0 Å². The van der Waals surface area contributed by atoms with E-state index in [9.17, 15) is 13.6 Å². The number of fused-ring (bicyclic) bond motifs is 1. The molecule has 0 spiro atoms. The lowest BCUT2D eigenvalue weighted by Gasteiger charge is -2.18. The minimum absolute atomic E-state index is 0.207. The van der Waals surface area contributed by atoms with Gasteiger partial charge in [0.05, 0.1) is 6.54 Å². The number of nitrogens with zero attached hydrogens (tertiary/aromatic N) is 1. The third-order valence-electron chi connectivity index (χ3n) is 2.96. The number of carbonyl (C=O) groups excluding carboxylic acids is 1. The molecular formula is C11H15F2N3O. The summed E-state index contributed by atoms with van der Waals surface area (Å²) in [6.07, 6.45) is 3.33. The molecule has 1 aliphatic rings. The molecule has 1 aromatic heterocycles. The fourth-order valence-electron chi connectivity index (χ4n) is 2.10. The molecule has 0 fully saturated rings. The van der Waals surface area contributed by atoms with Crippen molar-refractivity contribution < 1.29 is 13.6 Å². The van der Waals surface area contributed by atoms with Crippen molar-refractivity contribution in [3.8, 4) is 0 Å². The topological polar surface area (TPSA) is 57.8 Å². The quantitative estimate of drug-likeness (QED) is 0.845. The van der Waals surface area contributed by atoms with Crippen LogP contribution >= 0.6 is 0 Å². The number of aryl methyl sites for hydroxylation is 1. The van der Waals surface area contributed by atoms with Crippen LogP contribution in [0, 0.1) is 0 Å². The van der Waals surface area contributed by atoms with Crippen molar-refractivity contribution in [2.24, 2.45) is 0 Å². The van der Waals surface area contributed by atoms with Crippen LogP contribution in [0.1, 0.15) is 36.7 Å². The molecule has 2 N–H and O–H groups in total. The summed E-state index contributed by atoms with van der Waals surface area (Å²) in [5.41, 5.74) is 1.24. The lowest BCUT2D eigenvalue weighted by atomic mass is 9.94. The monoisotopic (exact) mass is 243 g/mol.